The summed E-state index contributed by atoms with van der Waals surface area (Å²) in [6.45, 7) is 1.38. The van der Waals surface area contributed by atoms with E-state index in [1.54, 1.807) is 36.4 Å². The summed E-state index contributed by atoms with van der Waals surface area (Å²) >= 11 is 0. The van der Waals surface area contributed by atoms with Gasteiger partial charge >= 0.3 is 0 Å². The zero-order valence-corrected chi connectivity index (χ0v) is 15.5. The summed E-state index contributed by atoms with van der Waals surface area (Å²) in [5.74, 6) is -0.366. The van der Waals surface area contributed by atoms with Crippen molar-refractivity contribution >= 4 is 33.0 Å². The van der Waals surface area contributed by atoms with E-state index in [0.717, 1.165) is 6.26 Å². The standard InChI is InChI=1S/C18H20N2O5S/c1-12(21)19-15-7-8-17(25-2)16(10-15)20-18(22)14-6-4-5-13(9-14)11-26(3,23)24/h4-10H,11H2,1-3H3,(H,19,21)(H,20,22). The van der Waals surface area contributed by atoms with E-state index < -0.39 is 15.7 Å². The number of sulfone groups is 1. The zero-order chi connectivity index (χ0) is 19.3. The number of methoxy groups -OCH3 is 1. The van der Waals surface area contributed by atoms with Gasteiger partial charge in [-0.15, -0.1) is 0 Å². The van der Waals surface area contributed by atoms with Gasteiger partial charge in [0.1, 0.15) is 5.75 Å². The van der Waals surface area contributed by atoms with Gasteiger partial charge in [0.25, 0.3) is 5.91 Å². The van der Waals surface area contributed by atoms with Gasteiger partial charge in [-0.25, -0.2) is 8.42 Å². The number of carbonyl (C=O) groups excluding carboxylic acids is 2. The number of anilines is 2. The van der Waals surface area contributed by atoms with Crippen molar-refractivity contribution in [3.05, 3.63) is 53.6 Å². The quantitative estimate of drug-likeness (QED) is 0.806. The fraction of sp³-hybridized carbons (Fsp3) is 0.222. The summed E-state index contributed by atoms with van der Waals surface area (Å²) in [4.78, 5) is 23.7. The number of benzene rings is 2. The number of amides is 2. The minimum atomic E-state index is -3.20. The van der Waals surface area contributed by atoms with Crippen LogP contribution in [0.15, 0.2) is 42.5 Å². The van der Waals surface area contributed by atoms with Crippen LogP contribution in [0.1, 0.15) is 22.8 Å². The highest BCUT2D eigenvalue weighted by molar-refractivity contribution is 7.89. The van der Waals surface area contributed by atoms with Crippen LogP contribution >= 0.6 is 0 Å². The number of carbonyl (C=O) groups is 2. The number of ether oxygens (including phenoxy) is 1. The molecule has 7 nitrogen and oxygen atoms in total. The lowest BCUT2D eigenvalue weighted by atomic mass is 10.1. The summed E-state index contributed by atoms with van der Waals surface area (Å²) in [6.07, 6.45) is 1.14. The smallest absolute Gasteiger partial charge is 0.255 e. The molecule has 0 aromatic heterocycles. The van der Waals surface area contributed by atoms with Crippen LogP contribution in [0.3, 0.4) is 0 Å². The highest BCUT2D eigenvalue weighted by Gasteiger charge is 2.13. The summed E-state index contributed by atoms with van der Waals surface area (Å²) in [5.41, 5.74) is 1.74. The van der Waals surface area contributed by atoms with E-state index >= 15 is 0 Å². The van der Waals surface area contributed by atoms with E-state index in [9.17, 15) is 18.0 Å². The predicted molar refractivity (Wildman–Crippen MR) is 100 cm³/mol. The molecule has 0 aliphatic carbocycles. The third kappa shape index (κ3) is 5.59. The van der Waals surface area contributed by atoms with Crippen LogP contribution in [-0.4, -0.2) is 33.6 Å². The van der Waals surface area contributed by atoms with Gasteiger partial charge in [0, 0.05) is 24.4 Å². The van der Waals surface area contributed by atoms with Gasteiger partial charge in [-0.3, -0.25) is 9.59 Å². The van der Waals surface area contributed by atoms with Crippen molar-refractivity contribution in [1.82, 2.24) is 0 Å². The van der Waals surface area contributed by atoms with E-state index in [2.05, 4.69) is 10.6 Å². The van der Waals surface area contributed by atoms with E-state index in [4.69, 9.17) is 4.74 Å². The first-order chi connectivity index (χ1) is 12.2. The molecular formula is C18H20N2O5S. The average molecular weight is 376 g/mol. The molecule has 2 aromatic carbocycles. The Bertz CT molecular complexity index is 938. The largest absolute Gasteiger partial charge is 0.495 e. The van der Waals surface area contributed by atoms with E-state index in [1.807, 2.05) is 0 Å². The van der Waals surface area contributed by atoms with Crippen molar-refractivity contribution < 1.29 is 22.7 Å². The number of nitrogens with one attached hydrogen (secondary N) is 2. The van der Waals surface area contributed by atoms with Gasteiger partial charge in [0.2, 0.25) is 5.91 Å². The lowest BCUT2D eigenvalue weighted by Crippen LogP contribution is -2.14. The molecule has 2 amide bonds. The first kappa shape index (κ1) is 19.5. The number of hydrogen-bond donors (Lipinski definition) is 2. The van der Waals surface area contributed by atoms with Crippen molar-refractivity contribution in [2.75, 3.05) is 24.0 Å². The van der Waals surface area contributed by atoms with Crippen molar-refractivity contribution in [1.29, 1.82) is 0 Å². The third-order valence-electron chi connectivity index (χ3n) is 3.39. The molecule has 2 aromatic rings. The van der Waals surface area contributed by atoms with E-state index in [-0.39, 0.29) is 11.7 Å². The minimum absolute atomic E-state index is 0.143. The molecule has 0 radical (unpaired) electrons. The van der Waals surface area contributed by atoms with Crippen molar-refractivity contribution in [3.63, 3.8) is 0 Å². The Kier molecular flexibility index (Phi) is 5.99. The molecule has 0 spiro atoms. The molecule has 0 saturated carbocycles. The Hall–Kier alpha value is -2.87. The molecule has 0 aliphatic heterocycles. The number of hydrogen-bond acceptors (Lipinski definition) is 5. The van der Waals surface area contributed by atoms with Crippen LogP contribution in [0, 0.1) is 0 Å². The first-order valence-electron chi connectivity index (χ1n) is 7.71. The van der Waals surface area contributed by atoms with E-state index in [1.165, 1.54) is 20.1 Å². The average Bonchev–Trinajstić information content (AvgIpc) is 2.53. The third-order valence-corrected chi connectivity index (χ3v) is 4.24. The van der Waals surface area contributed by atoms with Crippen molar-refractivity contribution in [2.24, 2.45) is 0 Å². The second-order valence-electron chi connectivity index (χ2n) is 5.82. The topological polar surface area (TPSA) is 102 Å². The van der Waals surface area contributed by atoms with Crippen LogP contribution in [0.5, 0.6) is 5.75 Å². The summed E-state index contributed by atoms with van der Waals surface area (Å²) < 4.78 is 28.1. The zero-order valence-electron chi connectivity index (χ0n) is 14.7. The van der Waals surface area contributed by atoms with Crippen LogP contribution in [0.25, 0.3) is 0 Å². The molecule has 0 fully saturated rings. The molecule has 2 rings (SSSR count). The Balaban J connectivity index is 2.26. The first-order valence-corrected chi connectivity index (χ1v) is 9.77. The maximum Gasteiger partial charge on any atom is 0.255 e. The SMILES string of the molecule is COc1ccc(NC(C)=O)cc1NC(=O)c1cccc(CS(C)(=O)=O)c1. The Morgan fingerprint density at radius 1 is 1.08 bits per heavy atom. The van der Waals surface area contributed by atoms with Gasteiger partial charge in [-0.05, 0) is 35.9 Å². The molecule has 0 aliphatic rings. The Morgan fingerprint density at radius 3 is 2.42 bits per heavy atom. The lowest BCUT2D eigenvalue weighted by Gasteiger charge is -2.13. The summed E-state index contributed by atoms with van der Waals surface area (Å²) in [7, 11) is -1.73. The van der Waals surface area contributed by atoms with Gasteiger partial charge in [-0.2, -0.15) is 0 Å². The second kappa shape index (κ2) is 8.01. The van der Waals surface area contributed by atoms with Gasteiger partial charge < -0.3 is 15.4 Å². The van der Waals surface area contributed by atoms with Gasteiger partial charge in [0.15, 0.2) is 9.84 Å². The fourth-order valence-corrected chi connectivity index (χ4v) is 3.17. The maximum atomic E-state index is 12.5. The maximum absolute atomic E-state index is 12.5. The van der Waals surface area contributed by atoms with Crippen LogP contribution in [-0.2, 0) is 20.4 Å². The second-order valence-corrected chi connectivity index (χ2v) is 7.96. The lowest BCUT2D eigenvalue weighted by molar-refractivity contribution is -0.114. The van der Waals surface area contributed by atoms with Crippen LogP contribution < -0.4 is 15.4 Å². The molecule has 2 N–H and O–H groups in total. The molecule has 8 heteroatoms. The molecule has 0 unspecified atom stereocenters. The molecule has 0 saturated heterocycles. The summed E-state index contributed by atoms with van der Waals surface area (Å²) in [5, 5.41) is 5.35. The molecule has 0 bridgehead atoms. The molecule has 0 heterocycles. The fourth-order valence-electron chi connectivity index (χ4n) is 2.39. The van der Waals surface area contributed by atoms with Crippen LogP contribution in [0.2, 0.25) is 0 Å². The van der Waals surface area contributed by atoms with Crippen molar-refractivity contribution in [2.45, 2.75) is 12.7 Å². The molecule has 26 heavy (non-hydrogen) atoms. The van der Waals surface area contributed by atoms with Gasteiger partial charge in [0.05, 0.1) is 18.6 Å². The highest BCUT2D eigenvalue weighted by atomic mass is 32.2. The van der Waals surface area contributed by atoms with E-state index in [0.29, 0.717) is 28.3 Å². The molecule has 138 valence electrons. The number of rotatable bonds is 6. The highest BCUT2D eigenvalue weighted by Crippen LogP contribution is 2.28. The van der Waals surface area contributed by atoms with Crippen LogP contribution in [0.4, 0.5) is 11.4 Å². The minimum Gasteiger partial charge on any atom is -0.495 e. The Labute approximate surface area is 152 Å². The predicted octanol–water partition coefficient (Wildman–Crippen LogP) is 2.45. The monoisotopic (exact) mass is 376 g/mol. The van der Waals surface area contributed by atoms with Gasteiger partial charge in [-0.1, -0.05) is 12.1 Å². The van der Waals surface area contributed by atoms with Crippen molar-refractivity contribution in [3.8, 4) is 5.75 Å². The Morgan fingerprint density at radius 2 is 1.81 bits per heavy atom. The normalized spacial score (nSPS) is 10.9. The summed E-state index contributed by atoms with van der Waals surface area (Å²) in [6, 6.07) is 11.3. The molecule has 0 atom stereocenters. The molecular weight excluding hydrogens is 356 g/mol.